The average Bonchev–Trinajstić information content (AvgIpc) is 2.33. The van der Waals surface area contributed by atoms with Crippen molar-refractivity contribution in [3.05, 3.63) is 30.6 Å². The molecule has 1 aromatic heterocycles. The molecule has 0 aliphatic rings. The van der Waals surface area contributed by atoms with Crippen LogP contribution in [0.2, 0.25) is 0 Å². The fourth-order valence-electron chi connectivity index (χ4n) is 1.72. The van der Waals surface area contributed by atoms with Gasteiger partial charge >= 0.3 is 0 Å². The molecule has 1 aromatic carbocycles. The molecule has 94 valence electrons. The lowest BCUT2D eigenvalue weighted by atomic mass is 10.0. The molecule has 18 heavy (non-hydrogen) atoms. The van der Waals surface area contributed by atoms with Gasteiger partial charge in [0, 0.05) is 34.5 Å². The summed E-state index contributed by atoms with van der Waals surface area (Å²) in [6, 6.07) is 5.46. The third kappa shape index (κ3) is 2.07. The summed E-state index contributed by atoms with van der Waals surface area (Å²) in [6.45, 7) is 3.46. The summed E-state index contributed by atoms with van der Waals surface area (Å²) in [6.07, 6.45) is 3.40. The minimum absolute atomic E-state index is 0.420. The van der Waals surface area contributed by atoms with Crippen LogP contribution in [0.3, 0.4) is 0 Å². The highest BCUT2D eigenvalue weighted by molar-refractivity contribution is 6.02. The number of nitrogen functional groups attached to an aromatic ring is 1. The number of amides is 1. The zero-order valence-electron chi connectivity index (χ0n) is 10.4. The molecule has 2 aromatic rings. The van der Waals surface area contributed by atoms with Crippen molar-refractivity contribution in [1.29, 1.82) is 0 Å². The van der Waals surface area contributed by atoms with E-state index in [1.54, 1.807) is 32.3 Å². The van der Waals surface area contributed by atoms with Crippen LogP contribution in [0, 0.1) is 0 Å². The molecule has 0 saturated heterocycles. The molecule has 0 unspecified atom stereocenters. The summed E-state index contributed by atoms with van der Waals surface area (Å²) in [4.78, 5) is 15.4. The number of hydrogen-bond acceptors (Lipinski definition) is 4. The number of aromatic nitrogens is 1. The van der Waals surface area contributed by atoms with Gasteiger partial charge in [-0.15, -0.1) is 0 Å². The number of pyridine rings is 1. The SMILES string of the molecule is CC(C)(Nc1ccc(N)c2ccncc12)C(N)=O. The topological polar surface area (TPSA) is 94.0 Å². The van der Waals surface area contributed by atoms with Crippen molar-refractivity contribution in [2.75, 3.05) is 11.1 Å². The fraction of sp³-hybridized carbons (Fsp3) is 0.231. The summed E-state index contributed by atoms with van der Waals surface area (Å²) in [5.74, 6) is -0.420. The minimum Gasteiger partial charge on any atom is -0.398 e. The predicted molar refractivity (Wildman–Crippen MR) is 73.1 cm³/mol. The highest BCUT2D eigenvalue weighted by Crippen LogP contribution is 2.29. The quantitative estimate of drug-likeness (QED) is 0.713. The van der Waals surface area contributed by atoms with E-state index in [1.807, 2.05) is 12.1 Å². The van der Waals surface area contributed by atoms with E-state index in [1.165, 1.54) is 0 Å². The van der Waals surface area contributed by atoms with Crippen LogP contribution in [0.15, 0.2) is 30.6 Å². The summed E-state index contributed by atoms with van der Waals surface area (Å²) in [7, 11) is 0. The lowest BCUT2D eigenvalue weighted by Gasteiger charge is -2.24. The Kier molecular flexibility index (Phi) is 2.82. The lowest BCUT2D eigenvalue weighted by molar-refractivity contribution is -0.121. The molecule has 0 radical (unpaired) electrons. The highest BCUT2D eigenvalue weighted by Gasteiger charge is 2.25. The van der Waals surface area contributed by atoms with Crippen molar-refractivity contribution in [2.24, 2.45) is 5.73 Å². The first kappa shape index (κ1) is 12.2. The van der Waals surface area contributed by atoms with Crippen LogP contribution in [-0.2, 0) is 4.79 Å². The zero-order chi connectivity index (χ0) is 13.3. The number of carbonyl (C=O) groups is 1. The van der Waals surface area contributed by atoms with E-state index in [9.17, 15) is 4.79 Å². The number of nitrogens with zero attached hydrogens (tertiary/aromatic N) is 1. The Hall–Kier alpha value is -2.30. The lowest BCUT2D eigenvalue weighted by Crippen LogP contribution is -2.45. The number of rotatable bonds is 3. The standard InChI is InChI=1S/C13H16N4O/c1-13(2,12(15)18)17-11-4-3-10(14)8-5-6-16-7-9(8)11/h3-7,17H,14H2,1-2H3,(H2,15,18). The maximum atomic E-state index is 11.3. The van der Waals surface area contributed by atoms with Crippen molar-refractivity contribution in [3.8, 4) is 0 Å². The van der Waals surface area contributed by atoms with Crippen LogP contribution >= 0.6 is 0 Å². The van der Waals surface area contributed by atoms with Crippen LogP contribution in [0.1, 0.15) is 13.8 Å². The molecule has 0 aliphatic heterocycles. The average molecular weight is 244 g/mol. The highest BCUT2D eigenvalue weighted by atomic mass is 16.1. The number of carbonyl (C=O) groups excluding carboxylic acids is 1. The number of nitrogens with one attached hydrogen (secondary N) is 1. The molecule has 0 atom stereocenters. The third-order valence-electron chi connectivity index (χ3n) is 2.91. The monoisotopic (exact) mass is 244 g/mol. The van der Waals surface area contributed by atoms with Gasteiger partial charge in [-0.05, 0) is 32.0 Å². The van der Waals surface area contributed by atoms with Crippen LogP contribution in [0.5, 0.6) is 0 Å². The Bertz CT molecular complexity index is 607. The van der Waals surface area contributed by atoms with Crippen molar-refractivity contribution < 1.29 is 4.79 Å². The predicted octanol–water partition coefficient (Wildman–Crippen LogP) is 1.49. The van der Waals surface area contributed by atoms with Gasteiger partial charge < -0.3 is 16.8 Å². The van der Waals surface area contributed by atoms with Crippen molar-refractivity contribution in [3.63, 3.8) is 0 Å². The Morgan fingerprint density at radius 2 is 2.00 bits per heavy atom. The number of hydrogen-bond donors (Lipinski definition) is 3. The second-order valence-corrected chi connectivity index (χ2v) is 4.74. The summed E-state index contributed by atoms with van der Waals surface area (Å²) in [5, 5.41) is 4.88. The van der Waals surface area contributed by atoms with E-state index in [0.29, 0.717) is 5.69 Å². The second-order valence-electron chi connectivity index (χ2n) is 4.74. The van der Waals surface area contributed by atoms with E-state index in [2.05, 4.69) is 10.3 Å². The number of primary amides is 1. The van der Waals surface area contributed by atoms with Gasteiger partial charge in [0.25, 0.3) is 0 Å². The molecule has 5 heteroatoms. The third-order valence-corrected chi connectivity index (χ3v) is 2.91. The Labute approximate surface area is 105 Å². The molecule has 0 saturated carbocycles. The van der Waals surface area contributed by atoms with Gasteiger partial charge in [-0.2, -0.15) is 0 Å². The molecule has 0 fully saturated rings. The first-order chi connectivity index (χ1) is 8.42. The number of anilines is 2. The molecule has 2 rings (SSSR count). The van der Waals surface area contributed by atoms with E-state index in [4.69, 9.17) is 11.5 Å². The van der Waals surface area contributed by atoms with E-state index < -0.39 is 11.4 Å². The summed E-state index contributed by atoms with van der Waals surface area (Å²) in [5.41, 5.74) is 11.9. The molecular weight excluding hydrogens is 228 g/mol. The zero-order valence-corrected chi connectivity index (χ0v) is 10.4. The molecule has 5 N–H and O–H groups in total. The van der Waals surface area contributed by atoms with Crippen molar-refractivity contribution >= 4 is 28.1 Å². The number of benzene rings is 1. The smallest absolute Gasteiger partial charge is 0.242 e. The number of nitrogens with two attached hydrogens (primary N) is 2. The van der Waals surface area contributed by atoms with Crippen molar-refractivity contribution in [1.82, 2.24) is 4.98 Å². The fourth-order valence-corrected chi connectivity index (χ4v) is 1.72. The van der Waals surface area contributed by atoms with Gasteiger partial charge in [-0.1, -0.05) is 0 Å². The normalized spacial score (nSPS) is 11.4. The van der Waals surface area contributed by atoms with Crippen LogP contribution in [0.25, 0.3) is 10.8 Å². The van der Waals surface area contributed by atoms with E-state index in [-0.39, 0.29) is 0 Å². The van der Waals surface area contributed by atoms with Gasteiger partial charge in [0.15, 0.2) is 0 Å². The maximum absolute atomic E-state index is 11.3. The van der Waals surface area contributed by atoms with Crippen LogP contribution in [-0.4, -0.2) is 16.4 Å². The molecule has 0 aliphatic carbocycles. The Morgan fingerprint density at radius 3 is 2.67 bits per heavy atom. The first-order valence-electron chi connectivity index (χ1n) is 5.62. The number of fused-ring (bicyclic) bond motifs is 1. The van der Waals surface area contributed by atoms with Gasteiger partial charge in [0.2, 0.25) is 5.91 Å². The van der Waals surface area contributed by atoms with Crippen LogP contribution < -0.4 is 16.8 Å². The van der Waals surface area contributed by atoms with Crippen molar-refractivity contribution in [2.45, 2.75) is 19.4 Å². The van der Waals surface area contributed by atoms with Crippen LogP contribution in [0.4, 0.5) is 11.4 Å². The van der Waals surface area contributed by atoms with E-state index in [0.717, 1.165) is 16.5 Å². The molecule has 0 spiro atoms. The minimum atomic E-state index is -0.834. The Morgan fingerprint density at radius 1 is 1.28 bits per heavy atom. The van der Waals surface area contributed by atoms with E-state index >= 15 is 0 Å². The van der Waals surface area contributed by atoms with Gasteiger partial charge in [0.1, 0.15) is 5.54 Å². The Balaban J connectivity index is 2.53. The summed E-state index contributed by atoms with van der Waals surface area (Å²) < 4.78 is 0. The molecular formula is C13H16N4O. The van der Waals surface area contributed by atoms with Gasteiger partial charge in [-0.25, -0.2) is 0 Å². The molecule has 0 bridgehead atoms. The van der Waals surface area contributed by atoms with Gasteiger partial charge in [-0.3, -0.25) is 9.78 Å². The maximum Gasteiger partial charge on any atom is 0.242 e. The largest absolute Gasteiger partial charge is 0.398 e. The first-order valence-corrected chi connectivity index (χ1v) is 5.62. The molecule has 5 nitrogen and oxygen atoms in total. The molecule has 1 heterocycles. The molecule has 1 amide bonds. The summed E-state index contributed by atoms with van der Waals surface area (Å²) >= 11 is 0. The van der Waals surface area contributed by atoms with Gasteiger partial charge in [0.05, 0.1) is 0 Å². The second kappa shape index (κ2) is 4.18.